The van der Waals surface area contributed by atoms with E-state index in [0.29, 0.717) is 22.4 Å². The fraction of sp³-hybridized carbons (Fsp3) is 0.375. The molecule has 0 saturated carbocycles. The Kier molecular flexibility index (Phi) is 6.37. The average molecular weight is 344 g/mol. The molecule has 2 rings (SSSR count). The highest BCUT2D eigenvalue weighted by Crippen LogP contribution is 2.37. The van der Waals surface area contributed by atoms with E-state index in [0.717, 1.165) is 18.5 Å². The van der Waals surface area contributed by atoms with Gasteiger partial charge in [-0.1, -0.05) is 36.2 Å². The largest absolute Gasteiger partial charge is 0.492 e. The lowest BCUT2D eigenvalue weighted by molar-refractivity contribution is 0.340. The van der Waals surface area contributed by atoms with Crippen molar-refractivity contribution in [1.82, 2.24) is 5.32 Å². The number of ether oxygens (including phenoxy) is 1. The van der Waals surface area contributed by atoms with Crippen molar-refractivity contribution in [2.75, 3.05) is 13.2 Å². The number of halogens is 2. The van der Waals surface area contributed by atoms with E-state index in [9.17, 15) is 0 Å². The molecule has 1 N–H and O–H groups in total. The summed E-state index contributed by atoms with van der Waals surface area (Å²) >= 11 is 14.5. The van der Waals surface area contributed by atoms with Crippen LogP contribution in [0.25, 0.3) is 0 Å². The van der Waals surface area contributed by atoms with E-state index >= 15 is 0 Å². The minimum absolute atomic E-state index is 0.0608. The van der Waals surface area contributed by atoms with Crippen molar-refractivity contribution in [3.63, 3.8) is 0 Å². The summed E-state index contributed by atoms with van der Waals surface area (Å²) in [5.74, 6) is 0.633. The minimum Gasteiger partial charge on any atom is -0.492 e. The van der Waals surface area contributed by atoms with Gasteiger partial charge in [-0.2, -0.15) is 0 Å². The van der Waals surface area contributed by atoms with Crippen LogP contribution < -0.4 is 10.1 Å². The smallest absolute Gasteiger partial charge is 0.139 e. The van der Waals surface area contributed by atoms with Crippen molar-refractivity contribution in [3.8, 4) is 5.75 Å². The summed E-state index contributed by atoms with van der Waals surface area (Å²) in [4.78, 5) is 1.23. The SMILES string of the molecule is CCCNC(c1cccs1)c1cc(Cl)c(OCC)cc1Cl. The van der Waals surface area contributed by atoms with Crippen molar-refractivity contribution >= 4 is 34.5 Å². The summed E-state index contributed by atoms with van der Waals surface area (Å²) < 4.78 is 5.49. The molecule has 0 bridgehead atoms. The predicted octanol–water partition coefficient (Wildman–Crippen LogP) is 5.54. The van der Waals surface area contributed by atoms with Crippen LogP contribution in [0.4, 0.5) is 0 Å². The zero-order chi connectivity index (χ0) is 15.2. The normalized spacial score (nSPS) is 12.4. The molecule has 0 spiro atoms. The molecule has 0 aliphatic rings. The monoisotopic (exact) mass is 343 g/mol. The number of rotatable bonds is 7. The molecule has 0 amide bonds. The van der Waals surface area contributed by atoms with Gasteiger partial charge >= 0.3 is 0 Å². The summed E-state index contributed by atoms with van der Waals surface area (Å²) in [5, 5.41) is 6.87. The summed E-state index contributed by atoms with van der Waals surface area (Å²) in [7, 11) is 0. The second-order valence-electron chi connectivity index (χ2n) is 4.64. The zero-order valence-corrected chi connectivity index (χ0v) is 14.5. The highest BCUT2D eigenvalue weighted by atomic mass is 35.5. The van der Waals surface area contributed by atoms with Crippen molar-refractivity contribution in [1.29, 1.82) is 0 Å². The van der Waals surface area contributed by atoms with E-state index in [-0.39, 0.29) is 6.04 Å². The molecule has 2 aromatic rings. The molecule has 0 aliphatic heterocycles. The van der Waals surface area contributed by atoms with Crippen LogP contribution in [0.1, 0.15) is 36.8 Å². The number of hydrogen-bond acceptors (Lipinski definition) is 3. The van der Waals surface area contributed by atoms with E-state index in [1.807, 2.05) is 19.1 Å². The van der Waals surface area contributed by atoms with Crippen LogP contribution in [0.15, 0.2) is 29.6 Å². The van der Waals surface area contributed by atoms with Crippen LogP contribution >= 0.6 is 34.5 Å². The molecule has 0 radical (unpaired) electrons. The Bertz CT molecular complexity index is 572. The van der Waals surface area contributed by atoms with Crippen LogP contribution in [0.5, 0.6) is 5.75 Å². The molecule has 1 aromatic heterocycles. The van der Waals surface area contributed by atoms with E-state index in [4.69, 9.17) is 27.9 Å². The Morgan fingerprint density at radius 1 is 1.24 bits per heavy atom. The van der Waals surface area contributed by atoms with Crippen LogP contribution in [0, 0.1) is 0 Å². The fourth-order valence-electron chi connectivity index (χ4n) is 2.14. The molecule has 0 saturated heterocycles. The molecule has 0 fully saturated rings. The van der Waals surface area contributed by atoms with Crippen LogP contribution in [0.3, 0.4) is 0 Å². The second-order valence-corrected chi connectivity index (χ2v) is 6.43. The molecule has 2 nitrogen and oxygen atoms in total. The Hall–Kier alpha value is -0.740. The summed E-state index contributed by atoms with van der Waals surface area (Å²) in [6, 6.07) is 7.92. The van der Waals surface area contributed by atoms with Crippen molar-refractivity contribution in [2.45, 2.75) is 26.3 Å². The predicted molar refractivity (Wildman–Crippen MR) is 92.1 cm³/mol. The summed E-state index contributed by atoms with van der Waals surface area (Å²) in [6.45, 7) is 5.56. The number of nitrogens with one attached hydrogen (secondary N) is 1. The highest BCUT2D eigenvalue weighted by Gasteiger charge is 2.19. The van der Waals surface area contributed by atoms with Gasteiger partial charge in [0.05, 0.1) is 17.7 Å². The molecule has 1 atom stereocenters. The van der Waals surface area contributed by atoms with E-state index in [2.05, 4.69) is 23.7 Å². The molecule has 1 unspecified atom stereocenters. The Balaban J connectivity index is 2.38. The van der Waals surface area contributed by atoms with E-state index in [1.165, 1.54) is 4.88 Å². The maximum absolute atomic E-state index is 6.45. The Morgan fingerprint density at radius 3 is 2.67 bits per heavy atom. The first-order valence-corrected chi connectivity index (χ1v) is 8.69. The lowest BCUT2D eigenvalue weighted by Gasteiger charge is -2.20. The van der Waals surface area contributed by atoms with E-state index < -0.39 is 0 Å². The van der Waals surface area contributed by atoms with Crippen LogP contribution in [-0.2, 0) is 0 Å². The molecule has 0 aliphatic carbocycles. The third-order valence-corrected chi connectivity index (χ3v) is 4.65. The molecule has 1 aromatic carbocycles. The molecular formula is C16H19Cl2NOS. The third-order valence-electron chi connectivity index (χ3n) is 3.09. The molecule has 114 valence electrons. The Morgan fingerprint density at radius 2 is 2.05 bits per heavy atom. The van der Waals surface area contributed by atoms with Gasteiger partial charge in [0.25, 0.3) is 0 Å². The maximum atomic E-state index is 6.45. The molecule has 21 heavy (non-hydrogen) atoms. The lowest BCUT2D eigenvalue weighted by Crippen LogP contribution is -2.22. The summed E-state index contributed by atoms with van der Waals surface area (Å²) in [5.41, 5.74) is 0.987. The van der Waals surface area contributed by atoms with Crippen molar-refractivity contribution in [2.24, 2.45) is 0 Å². The van der Waals surface area contributed by atoms with Gasteiger partial charge in [-0.05, 0) is 43.0 Å². The third kappa shape index (κ3) is 4.13. The van der Waals surface area contributed by atoms with Gasteiger partial charge < -0.3 is 10.1 Å². The zero-order valence-electron chi connectivity index (χ0n) is 12.2. The van der Waals surface area contributed by atoms with Gasteiger partial charge in [0.2, 0.25) is 0 Å². The second kappa shape index (κ2) is 8.04. The van der Waals surface area contributed by atoms with Gasteiger partial charge in [0, 0.05) is 16.0 Å². The molecular weight excluding hydrogens is 325 g/mol. The van der Waals surface area contributed by atoms with Gasteiger partial charge in [0.15, 0.2) is 0 Å². The van der Waals surface area contributed by atoms with Crippen molar-refractivity contribution < 1.29 is 4.74 Å². The van der Waals surface area contributed by atoms with Gasteiger partial charge in [-0.25, -0.2) is 0 Å². The standard InChI is InChI=1S/C16H19Cl2NOS/c1-3-7-19-16(15-6-5-8-21-15)11-9-13(18)14(20-4-2)10-12(11)17/h5-6,8-10,16,19H,3-4,7H2,1-2H3. The highest BCUT2D eigenvalue weighted by molar-refractivity contribution is 7.10. The van der Waals surface area contributed by atoms with Gasteiger partial charge in [0.1, 0.15) is 5.75 Å². The molecule has 1 heterocycles. The van der Waals surface area contributed by atoms with E-state index in [1.54, 1.807) is 17.4 Å². The average Bonchev–Trinajstić information content (AvgIpc) is 2.98. The number of thiophene rings is 1. The number of hydrogen-bond donors (Lipinski definition) is 1. The van der Waals surface area contributed by atoms with Gasteiger partial charge in [-0.3, -0.25) is 0 Å². The first-order valence-electron chi connectivity index (χ1n) is 7.05. The maximum Gasteiger partial charge on any atom is 0.139 e. The first-order chi connectivity index (χ1) is 10.2. The van der Waals surface area contributed by atoms with Crippen molar-refractivity contribution in [3.05, 3.63) is 50.1 Å². The number of benzene rings is 1. The van der Waals surface area contributed by atoms with Gasteiger partial charge in [-0.15, -0.1) is 11.3 Å². The molecule has 5 heteroatoms. The van der Waals surface area contributed by atoms with Crippen LogP contribution in [-0.4, -0.2) is 13.2 Å². The Labute approximate surface area is 140 Å². The fourth-order valence-corrected chi connectivity index (χ4v) is 3.45. The van der Waals surface area contributed by atoms with Crippen LogP contribution in [0.2, 0.25) is 10.0 Å². The minimum atomic E-state index is 0.0608. The quantitative estimate of drug-likeness (QED) is 0.712. The first kappa shape index (κ1) is 16.6. The lowest BCUT2D eigenvalue weighted by atomic mass is 10.0. The summed E-state index contributed by atoms with van der Waals surface area (Å²) in [6.07, 6.45) is 1.06. The topological polar surface area (TPSA) is 21.3 Å².